The van der Waals surface area contributed by atoms with Crippen molar-refractivity contribution in [2.45, 2.75) is 23.1 Å². The number of hydrogen-bond donors (Lipinski definition) is 1. The van der Waals surface area contributed by atoms with Gasteiger partial charge < -0.3 is 5.73 Å². The van der Waals surface area contributed by atoms with Crippen molar-refractivity contribution in [3.8, 4) is 0 Å². The Bertz CT molecular complexity index is 468. The lowest BCUT2D eigenvalue weighted by Gasteiger charge is -2.18. The molecule has 2 N–H and O–H groups in total. The molecule has 1 aromatic carbocycles. The Labute approximate surface area is 109 Å². The van der Waals surface area contributed by atoms with Gasteiger partial charge in [-0.15, -0.1) is 23.1 Å². The number of rotatable bonds is 4. The second-order valence-electron chi connectivity index (χ2n) is 3.87. The van der Waals surface area contributed by atoms with Gasteiger partial charge in [-0.1, -0.05) is 12.1 Å². The van der Waals surface area contributed by atoms with Gasteiger partial charge in [-0.2, -0.15) is 0 Å². The van der Waals surface area contributed by atoms with E-state index in [0.717, 1.165) is 4.90 Å². The van der Waals surface area contributed by atoms with Crippen molar-refractivity contribution >= 4 is 23.1 Å². The highest BCUT2D eigenvalue weighted by atomic mass is 32.2. The zero-order chi connectivity index (χ0) is 12.3. The number of nitrogens with two attached hydrogens (primary N) is 1. The summed E-state index contributed by atoms with van der Waals surface area (Å²) in [4.78, 5) is 2.15. The van der Waals surface area contributed by atoms with Crippen LogP contribution < -0.4 is 5.73 Å². The van der Waals surface area contributed by atoms with Gasteiger partial charge in [0.2, 0.25) is 0 Å². The van der Waals surface area contributed by atoms with Crippen LogP contribution >= 0.6 is 23.1 Å². The molecule has 0 radical (unpaired) electrons. The maximum absolute atomic E-state index is 13.1. The van der Waals surface area contributed by atoms with Crippen LogP contribution in [0.1, 0.15) is 17.1 Å². The van der Waals surface area contributed by atoms with Crippen LogP contribution in [0, 0.1) is 5.82 Å². The van der Waals surface area contributed by atoms with Crippen LogP contribution in [0.25, 0.3) is 0 Å². The highest BCUT2D eigenvalue weighted by molar-refractivity contribution is 7.99. The first-order valence-corrected chi connectivity index (χ1v) is 7.14. The minimum Gasteiger partial charge on any atom is -0.327 e. The van der Waals surface area contributed by atoms with Crippen LogP contribution in [0.5, 0.6) is 0 Å². The Kier molecular flexibility index (Phi) is 4.20. The fourth-order valence-electron chi connectivity index (χ4n) is 1.56. The van der Waals surface area contributed by atoms with Gasteiger partial charge in [-0.25, -0.2) is 4.39 Å². The third-order valence-electron chi connectivity index (χ3n) is 2.36. The van der Waals surface area contributed by atoms with Gasteiger partial charge in [0.25, 0.3) is 0 Å². The fourth-order valence-corrected chi connectivity index (χ4v) is 3.74. The Hall–Kier alpha value is -0.840. The zero-order valence-corrected chi connectivity index (χ0v) is 11.1. The maximum Gasteiger partial charge on any atom is 0.124 e. The van der Waals surface area contributed by atoms with Gasteiger partial charge in [0, 0.05) is 15.8 Å². The first-order chi connectivity index (χ1) is 8.16. The molecule has 0 spiro atoms. The van der Waals surface area contributed by atoms with Crippen LogP contribution in [0.4, 0.5) is 4.39 Å². The molecule has 2 rings (SSSR count). The lowest BCUT2D eigenvalue weighted by molar-refractivity contribution is 0.624. The molecular weight excluding hydrogens is 253 g/mol. The van der Waals surface area contributed by atoms with E-state index in [1.165, 1.54) is 10.9 Å². The average molecular weight is 267 g/mol. The average Bonchev–Trinajstić information content (AvgIpc) is 2.78. The van der Waals surface area contributed by atoms with E-state index in [2.05, 4.69) is 6.07 Å². The van der Waals surface area contributed by atoms with Crippen molar-refractivity contribution in [1.82, 2.24) is 0 Å². The Morgan fingerprint density at radius 3 is 2.71 bits per heavy atom. The van der Waals surface area contributed by atoms with E-state index < -0.39 is 0 Å². The van der Waals surface area contributed by atoms with Crippen LogP contribution in [-0.2, 0) is 0 Å². The van der Waals surface area contributed by atoms with Gasteiger partial charge in [-0.05, 0) is 36.6 Å². The standard InChI is InChI=1S/C13H14FNS2/c1-9(15)13(12-6-3-7-16-12)17-11-5-2-4-10(14)8-11/h2-9,13H,15H2,1H3. The van der Waals surface area contributed by atoms with Crippen molar-refractivity contribution in [3.63, 3.8) is 0 Å². The van der Waals surface area contributed by atoms with E-state index >= 15 is 0 Å². The van der Waals surface area contributed by atoms with Crippen molar-refractivity contribution in [2.24, 2.45) is 5.73 Å². The molecule has 4 heteroatoms. The van der Waals surface area contributed by atoms with Gasteiger partial charge in [-0.3, -0.25) is 0 Å². The number of benzene rings is 1. The van der Waals surface area contributed by atoms with Gasteiger partial charge in [0.1, 0.15) is 5.82 Å². The Morgan fingerprint density at radius 1 is 1.29 bits per heavy atom. The van der Waals surface area contributed by atoms with Crippen LogP contribution in [0.15, 0.2) is 46.7 Å². The van der Waals surface area contributed by atoms with E-state index in [4.69, 9.17) is 5.73 Å². The molecule has 0 aliphatic heterocycles. The molecule has 0 fully saturated rings. The largest absolute Gasteiger partial charge is 0.327 e. The minimum absolute atomic E-state index is 0.0296. The number of thioether (sulfide) groups is 1. The first kappa shape index (κ1) is 12.6. The van der Waals surface area contributed by atoms with Crippen LogP contribution in [-0.4, -0.2) is 6.04 Å². The third kappa shape index (κ3) is 3.31. The highest BCUT2D eigenvalue weighted by Crippen LogP contribution is 2.39. The fraction of sp³-hybridized carbons (Fsp3) is 0.231. The molecule has 1 heterocycles. The van der Waals surface area contributed by atoms with Crippen molar-refractivity contribution in [1.29, 1.82) is 0 Å². The maximum atomic E-state index is 13.1. The molecule has 1 aromatic heterocycles. The number of halogens is 1. The molecule has 0 saturated carbocycles. The monoisotopic (exact) mass is 267 g/mol. The molecule has 1 nitrogen and oxygen atoms in total. The topological polar surface area (TPSA) is 26.0 Å². The smallest absolute Gasteiger partial charge is 0.124 e. The molecular formula is C13H14FNS2. The quantitative estimate of drug-likeness (QED) is 0.845. The summed E-state index contributed by atoms with van der Waals surface area (Å²) in [5.41, 5.74) is 6.01. The second-order valence-corrected chi connectivity index (χ2v) is 6.06. The summed E-state index contributed by atoms with van der Waals surface area (Å²) in [5, 5.41) is 2.22. The summed E-state index contributed by atoms with van der Waals surface area (Å²) in [7, 11) is 0. The van der Waals surface area contributed by atoms with Crippen molar-refractivity contribution < 1.29 is 4.39 Å². The van der Waals surface area contributed by atoms with E-state index in [1.807, 2.05) is 24.4 Å². The van der Waals surface area contributed by atoms with E-state index in [1.54, 1.807) is 35.2 Å². The number of thiophene rings is 1. The predicted octanol–water partition coefficient (Wildman–Crippen LogP) is 4.07. The summed E-state index contributed by atoms with van der Waals surface area (Å²) < 4.78 is 13.1. The highest BCUT2D eigenvalue weighted by Gasteiger charge is 2.18. The lowest BCUT2D eigenvalue weighted by atomic mass is 10.2. The predicted molar refractivity (Wildman–Crippen MR) is 73.0 cm³/mol. The molecule has 0 saturated heterocycles. The zero-order valence-electron chi connectivity index (χ0n) is 9.47. The summed E-state index contributed by atoms with van der Waals surface area (Å²) in [6, 6.07) is 10.8. The van der Waals surface area contributed by atoms with Crippen LogP contribution in [0.3, 0.4) is 0 Å². The van der Waals surface area contributed by atoms with Crippen molar-refractivity contribution in [3.05, 3.63) is 52.5 Å². The van der Waals surface area contributed by atoms with Crippen molar-refractivity contribution in [2.75, 3.05) is 0 Å². The van der Waals surface area contributed by atoms with Crippen LogP contribution in [0.2, 0.25) is 0 Å². The second kappa shape index (κ2) is 5.67. The lowest BCUT2D eigenvalue weighted by Crippen LogP contribution is -2.21. The molecule has 17 heavy (non-hydrogen) atoms. The summed E-state index contributed by atoms with van der Waals surface area (Å²) in [6.07, 6.45) is 0. The van der Waals surface area contributed by atoms with E-state index in [-0.39, 0.29) is 17.1 Å². The van der Waals surface area contributed by atoms with Gasteiger partial charge in [0.05, 0.1) is 5.25 Å². The molecule has 2 unspecified atom stereocenters. The van der Waals surface area contributed by atoms with E-state index in [9.17, 15) is 4.39 Å². The summed E-state index contributed by atoms with van der Waals surface area (Å²) in [5.74, 6) is -0.204. The Morgan fingerprint density at radius 2 is 2.12 bits per heavy atom. The molecule has 0 aliphatic carbocycles. The summed E-state index contributed by atoms with van der Waals surface area (Å²) in [6.45, 7) is 1.98. The van der Waals surface area contributed by atoms with E-state index in [0.29, 0.717) is 0 Å². The minimum atomic E-state index is -0.204. The van der Waals surface area contributed by atoms with Gasteiger partial charge >= 0.3 is 0 Å². The molecule has 90 valence electrons. The summed E-state index contributed by atoms with van der Waals surface area (Å²) >= 11 is 3.30. The normalized spacial score (nSPS) is 14.5. The number of hydrogen-bond acceptors (Lipinski definition) is 3. The Balaban J connectivity index is 2.19. The third-order valence-corrected chi connectivity index (χ3v) is 4.93. The first-order valence-electron chi connectivity index (χ1n) is 5.38. The molecule has 0 amide bonds. The molecule has 0 bridgehead atoms. The SMILES string of the molecule is CC(N)C(Sc1cccc(F)c1)c1cccs1. The molecule has 2 atom stereocenters. The van der Waals surface area contributed by atoms with Gasteiger partial charge in [0.15, 0.2) is 0 Å². The molecule has 2 aromatic rings. The molecule has 0 aliphatic rings.